The molecule has 0 aromatic carbocycles. The van der Waals surface area contributed by atoms with Gasteiger partial charge in [0.2, 0.25) is 0 Å². The fourth-order valence-electron chi connectivity index (χ4n) is 3.03. The van der Waals surface area contributed by atoms with Crippen LogP contribution in [-0.2, 0) is 10.2 Å². The van der Waals surface area contributed by atoms with Gasteiger partial charge in [-0.3, -0.25) is 0 Å². The molecule has 0 aromatic heterocycles. The zero-order chi connectivity index (χ0) is 14.4. The first-order chi connectivity index (χ1) is 9.62. The zero-order valence-electron chi connectivity index (χ0n) is 12.1. The van der Waals surface area contributed by atoms with Crippen molar-refractivity contribution in [2.45, 2.75) is 32.1 Å². The largest absolute Gasteiger partial charge is 0.396 e. The molecule has 7 heteroatoms. The molecule has 2 rings (SSSR count). The molecule has 0 saturated carbocycles. The van der Waals surface area contributed by atoms with Crippen molar-refractivity contribution in [2.24, 2.45) is 5.92 Å². The summed E-state index contributed by atoms with van der Waals surface area (Å²) in [6, 6.07) is 0. The molecule has 0 aromatic rings. The molecule has 2 aliphatic heterocycles. The number of piperidine rings is 1. The van der Waals surface area contributed by atoms with Crippen molar-refractivity contribution < 1.29 is 13.5 Å². The minimum atomic E-state index is -3.25. The van der Waals surface area contributed by atoms with E-state index in [-0.39, 0.29) is 6.61 Å². The summed E-state index contributed by atoms with van der Waals surface area (Å²) in [6.07, 6.45) is 5.00. The van der Waals surface area contributed by atoms with Crippen molar-refractivity contribution in [3.8, 4) is 0 Å². The molecule has 1 unspecified atom stereocenters. The zero-order valence-corrected chi connectivity index (χ0v) is 12.9. The van der Waals surface area contributed by atoms with Gasteiger partial charge < -0.3 is 10.0 Å². The van der Waals surface area contributed by atoms with Crippen LogP contribution in [0.4, 0.5) is 0 Å². The van der Waals surface area contributed by atoms with Crippen LogP contribution in [0.15, 0.2) is 0 Å². The molecule has 20 heavy (non-hydrogen) atoms. The summed E-state index contributed by atoms with van der Waals surface area (Å²) in [5.41, 5.74) is 0. The summed E-state index contributed by atoms with van der Waals surface area (Å²) in [5, 5.41) is 9.18. The first-order valence-corrected chi connectivity index (χ1v) is 9.14. The lowest BCUT2D eigenvalue weighted by Crippen LogP contribution is -2.41. The minimum absolute atomic E-state index is 0.262. The lowest BCUT2D eigenvalue weighted by molar-refractivity contribution is 0.120. The first-order valence-electron chi connectivity index (χ1n) is 7.70. The minimum Gasteiger partial charge on any atom is -0.396 e. The van der Waals surface area contributed by atoms with Crippen molar-refractivity contribution in [3.05, 3.63) is 0 Å². The van der Waals surface area contributed by atoms with Gasteiger partial charge in [-0.1, -0.05) is 0 Å². The third-order valence-electron chi connectivity index (χ3n) is 4.20. The van der Waals surface area contributed by atoms with Gasteiger partial charge in [-0.25, -0.2) is 4.72 Å². The Morgan fingerprint density at radius 2 is 1.90 bits per heavy atom. The van der Waals surface area contributed by atoms with Crippen molar-refractivity contribution in [2.75, 3.05) is 45.9 Å². The van der Waals surface area contributed by atoms with Crippen LogP contribution in [0.1, 0.15) is 32.1 Å². The van der Waals surface area contributed by atoms with Crippen LogP contribution in [0.25, 0.3) is 0 Å². The number of nitrogens with zero attached hydrogens (tertiary/aromatic N) is 2. The Hall–Kier alpha value is -0.210. The van der Waals surface area contributed by atoms with E-state index in [1.54, 1.807) is 0 Å². The molecule has 0 amide bonds. The number of aliphatic hydroxyl groups is 1. The van der Waals surface area contributed by atoms with Gasteiger partial charge in [0.25, 0.3) is 10.2 Å². The second-order valence-electron chi connectivity index (χ2n) is 5.85. The standard InChI is InChI=1S/C13H27N3O3S/c17-12-13-5-3-7-15(11-13)8-4-6-14-20(18,19)16-9-1-2-10-16/h13-14,17H,1-12H2. The summed E-state index contributed by atoms with van der Waals surface area (Å²) in [5.74, 6) is 0.394. The Morgan fingerprint density at radius 1 is 1.15 bits per heavy atom. The maximum absolute atomic E-state index is 12.0. The Labute approximate surface area is 122 Å². The smallest absolute Gasteiger partial charge is 0.279 e. The summed E-state index contributed by atoms with van der Waals surface area (Å²) < 4.78 is 28.1. The Morgan fingerprint density at radius 3 is 2.60 bits per heavy atom. The van der Waals surface area contributed by atoms with Crippen LogP contribution in [-0.4, -0.2) is 68.6 Å². The molecule has 0 spiro atoms. The van der Waals surface area contributed by atoms with Crippen molar-refractivity contribution in [3.63, 3.8) is 0 Å². The maximum Gasteiger partial charge on any atom is 0.279 e. The number of hydrogen-bond donors (Lipinski definition) is 2. The van der Waals surface area contributed by atoms with Crippen LogP contribution in [0.2, 0.25) is 0 Å². The Balaban J connectivity index is 1.63. The molecule has 0 aliphatic carbocycles. The fourth-order valence-corrected chi connectivity index (χ4v) is 4.35. The van der Waals surface area contributed by atoms with E-state index in [2.05, 4.69) is 9.62 Å². The molecular weight excluding hydrogens is 278 g/mol. The third kappa shape index (κ3) is 4.66. The summed E-state index contributed by atoms with van der Waals surface area (Å²) >= 11 is 0. The van der Waals surface area contributed by atoms with Gasteiger partial charge in [0.15, 0.2) is 0 Å². The highest BCUT2D eigenvalue weighted by Crippen LogP contribution is 2.15. The van der Waals surface area contributed by atoms with Gasteiger partial charge in [0, 0.05) is 32.8 Å². The lowest BCUT2D eigenvalue weighted by atomic mass is 9.99. The summed E-state index contributed by atoms with van der Waals surface area (Å²) in [7, 11) is -3.25. The van der Waals surface area contributed by atoms with E-state index >= 15 is 0 Å². The SMILES string of the molecule is O=S(=O)(NCCCN1CCCC(CO)C1)N1CCCC1. The van der Waals surface area contributed by atoms with Crippen molar-refractivity contribution in [1.82, 2.24) is 13.9 Å². The summed E-state index contributed by atoms with van der Waals surface area (Å²) in [6.45, 7) is 4.97. The number of likely N-dealkylation sites (tertiary alicyclic amines) is 1. The van der Waals surface area contributed by atoms with Crippen LogP contribution in [0, 0.1) is 5.92 Å². The second-order valence-corrected chi connectivity index (χ2v) is 7.61. The van der Waals surface area contributed by atoms with Crippen molar-refractivity contribution >= 4 is 10.2 Å². The van der Waals surface area contributed by atoms with E-state index in [4.69, 9.17) is 0 Å². The molecule has 118 valence electrons. The normalized spacial score (nSPS) is 26.1. The fraction of sp³-hybridized carbons (Fsp3) is 1.00. The highest BCUT2D eigenvalue weighted by atomic mass is 32.2. The van der Waals surface area contributed by atoms with Crippen LogP contribution in [0.3, 0.4) is 0 Å². The van der Waals surface area contributed by atoms with Gasteiger partial charge in [-0.15, -0.1) is 0 Å². The third-order valence-corrected chi connectivity index (χ3v) is 5.82. The predicted molar refractivity (Wildman–Crippen MR) is 78.6 cm³/mol. The van der Waals surface area contributed by atoms with Gasteiger partial charge in [0.05, 0.1) is 0 Å². The van der Waals surface area contributed by atoms with E-state index in [1.807, 2.05) is 0 Å². The van der Waals surface area contributed by atoms with Crippen LogP contribution in [0.5, 0.6) is 0 Å². The van der Waals surface area contributed by atoms with Gasteiger partial charge in [-0.05, 0) is 51.1 Å². The van der Waals surface area contributed by atoms with E-state index in [9.17, 15) is 13.5 Å². The number of nitrogens with one attached hydrogen (secondary N) is 1. The molecule has 2 heterocycles. The molecule has 2 aliphatic rings. The highest BCUT2D eigenvalue weighted by molar-refractivity contribution is 7.87. The summed E-state index contributed by atoms with van der Waals surface area (Å²) in [4.78, 5) is 2.33. The highest BCUT2D eigenvalue weighted by Gasteiger charge is 2.24. The average Bonchev–Trinajstić information content (AvgIpc) is 2.99. The molecule has 2 fully saturated rings. The average molecular weight is 305 g/mol. The second kappa shape index (κ2) is 7.70. The van der Waals surface area contributed by atoms with E-state index in [0.717, 1.165) is 51.7 Å². The molecular formula is C13H27N3O3S. The van der Waals surface area contributed by atoms with Gasteiger partial charge in [-0.2, -0.15) is 12.7 Å². The Kier molecular flexibility index (Phi) is 6.22. The molecule has 1 atom stereocenters. The van der Waals surface area contributed by atoms with Gasteiger partial charge >= 0.3 is 0 Å². The number of aliphatic hydroxyl groups excluding tert-OH is 1. The van der Waals surface area contributed by atoms with Crippen molar-refractivity contribution in [1.29, 1.82) is 0 Å². The topological polar surface area (TPSA) is 72.9 Å². The molecule has 0 bridgehead atoms. The molecule has 0 radical (unpaired) electrons. The maximum atomic E-state index is 12.0. The lowest BCUT2D eigenvalue weighted by Gasteiger charge is -2.31. The Bertz CT molecular complexity index is 382. The number of hydrogen-bond acceptors (Lipinski definition) is 4. The monoisotopic (exact) mass is 305 g/mol. The predicted octanol–water partition coefficient (Wildman–Crippen LogP) is 0.0110. The van der Waals surface area contributed by atoms with Crippen LogP contribution >= 0.6 is 0 Å². The first kappa shape index (κ1) is 16.2. The molecule has 6 nitrogen and oxygen atoms in total. The number of rotatable bonds is 7. The van der Waals surface area contributed by atoms with E-state index < -0.39 is 10.2 Å². The van der Waals surface area contributed by atoms with E-state index in [0.29, 0.717) is 25.6 Å². The molecule has 2 saturated heterocycles. The van der Waals surface area contributed by atoms with E-state index in [1.165, 1.54) is 4.31 Å². The molecule has 2 N–H and O–H groups in total. The van der Waals surface area contributed by atoms with Crippen LogP contribution < -0.4 is 4.72 Å². The van der Waals surface area contributed by atoms with Gasteiger partial charge in [0.1, 0.15) is 0 Å². The quantitative estimate of drug-likeness (QED) is 0.650.